The van der Waals surface area contributed by atoms with Crippen LogP contribution in [0.3, 0.4) is 0 Å². The first kappa shape index (κ1) is 8.51. The third kappa shape index (κ3) is 1.65. The van der Waals surface area contributed by atoms with Crippen molar-refractivity contribution in [2.24, 2.45) is 0 Å². The van der Waals surface area contributed by atoms with E-state index in [1.807, 2.05) is 12.1 Å². The molecule has 0 bridgehead atoms. The van der Waals surface area contributed by atoms with Crippen molar-refractivity contribution in [3.05, 3.63) is 24.2 Å². The van der Waals surface area contributed by atoms with Gasteiger partial charge in [0.1, 0.15) is 11.5 Å². The number of nitrogens with zero attached hydrogens (tertiary/aromatic N) is 1. The van der Waals surface area contributed by atoms with Crippen molar-refractivity contribution in [1.29, 1.82) is 0 Å². The lowest BCUT2D eigenvalue weighted by Crippen LogP contribution is -2.24. The zero-order valence-electron chi connectivity index (χ0n) is 7.69. The maximum absolute atomic E-state index is 11.1. The number of carbonyl (C=O) groups is 1. The minimum absolute atomic E-state index is 0.224. The molecule has 1 aliphatic heterocycles. The molecule has 2 heterocycles. The first-order chi connectivity index (χ1) is 6.27. The second-order valence-electron chi connectivity index (χ2n) is 3.45. The Morgan fingerprint density at radius 3 is 3.00 bits per heavy atom. The molecule has 0 saturated carbocycles. The van der Waals surface area contributed by atoms with Gasteiger partial charge in [0, 0.05) is 13.0 Å². The Morgan fingerprint density at radius 2 is 2.46 bits per heavy atom. The summed E-state index contributed by atoms with van der Waals surface area (Å²) in [5.41, 5.74) is 0. The van der Waals surface area contributed by atoms with E-state index in [0.717, 1.165) is 12.3 Å². The molecule has 1 fully saturated rings. The quantitative estimate of drug-likeness (QED) is 0.691. The summed E-state index contributed by atoms with van der Waals surface area (Å²) < 4.78 is 5.29. The first-order valence-electron chi connectivity index (χ1n) is 4.56. The number of carbonyl (C=O) groups excluding carboxylic acids is 1. The van der Waals surface area contributed by atoms with E-state index in [1.54, 1.807) is 6.26 Å². The Labute approximate surface area is 77.3 Å². The molecule has 0 amide bonds. The molecule has 70 valence electrons. The number of hydrogen-bond acceptors (Lipinski definition) is 3. The molecule has 0 aromatic carbocycles. The minimum atomic E-state index is 0.224. The molecule has 3 heteroatoms. The minimum Gasteiger partial charge on any atom is -0.468 e. The highest BCUT2D eigenvalue weighted by atomic mass is 16.3. The predicted octanol–water partition coefficient (Wildman–Crippen LogP) is 1.62. The first-order valence-corrected chi connectivity index (χ1v) is 4.56. The second-order valence-corrected chi connectivity index (χ2v) is 3.45. The number of likely N-dealkylation sites (tertiary alicyclic amines) is 1. The fraction of sp³-hybridized carbons (Fsp3) is 0.500. The fourth-order valence-corrected chi connectivity index (χ4v) is 1.69. The zero-order valence-corrected chi connectivity index (χ0v) is 7.69. The van der Waals surface area contributed by atoms with E-state index in [2.05, 4.69) is 11.8 Å². The highest BCUT2D eigenvalue weighted by Gasteiger charge is 2.25. The van der Waals surface area contributed by atoms with Crippen molar-refractivity contribution in [3.8, 4) is 0 Å². The van der Waals surface area contributed by atoms with E-state index in [4.69, 9.17) is 4.42 Å². The Morgan fingerprint density at radius 1 is 1.62 bits per heavy atom. The summed E-state index contributed by atoms with van der Waals surface area (Å²) in [7, 11) is 0. The molecule has 0 N–H and O–H groups in total. The maximum Gasteiger partial charge on any atom is 0.148 e. The summed E-state index contributed by atoms with van der Waals surface area (Å²) in [6.07, 6.45) is 2.36. The number of rotatable bonds is 2. The molecule has 1 atom stereocenters. The molecule has 13 heavy (non-hydrogen) atoms. The fourth-order valence-electron chi connectivity index (χ4n) is 1.69. The van der Waals surface area contributed by atoms with Crippen LogP contribution in [0, 0.1) is 0 Å². The third-order valence-corrected chi connectivity index (χ3v) is 2.56. The van der Waals surface area contributed by atoms with Crippen LogP contribution in [0.15, 0.2) is 22.8 Å². The smallest absolute Gasteiger partial charge is 0.148 e. The lowest BCUT2D eigenvalue weighted by molar-refractivity contribution is -0.117. The topological polar surface area (TPSA) is 33.5 Å². The van der Waals surface area contributed by atoms with Gasteiger partial charge in [0.15, 0.2) is 0 Å². The number of ketones is 1. The zero-order chi connectivity index (χ0) is 9.26. The summed E-state index contributed by atoms with van der Waals surface area (Å²) in [4.78, 5) is 13.2. The van der Waals surface area contributed by atoms with Gasteiger partial charge in [-0.1, -0.05) is 0 Å². The highest BCUT2D eigenvalue weighted by Crippen LogP contribution is 2.23. The van der Waals surface area contributed by atoms with Crippen LogP contribution in [0.5, 0.6) is 0 Å². The monoisotopic (exact) mass is 179 g/mol. The third-order valence-electron chi connectivity index (χ3n) is 2.56. The summed E-state index contributed by atoms with van der Waals surface area (Å²) in [6, 6.07) is 4.05. The predicted molar refractivity (Wildman–Crippen MR) is 48.3 cm³/mol. The van der Waals surface area contributed by atoms with Crippen LogP contribution in [-0.2, 0) is 4.79 Å². The summed E-state index contributed by atoms with van der Waals surface area (Å²) >= 11 is 0. The van der Waals surface area contributed by atoms with Gasteiger partial charge in [-0.15, -0.1) is 0 Å². The molecule has 1 aliphatic rings. The van der Waals surface area contributed by atoms with Crippen LogP contribution >= 0.6 is 0 Å². The van der Waals surface area contributed by atoms with E-state index in [1.165, 1.54) is 0 Å². The molecule has 0 spiro atoms. The number of Topliss-reactive ketones (excluding diaryl/α,β-unsaturated/α-hetero) is 1. The van der Waals surface area contributed by atoms with E-state index in [-0.39, 0.29) is 6.04 Å². The van der Waals surface area contributed by atoms with Crippen LogP contribution in [0.2, 0.25) is 0 Å². The van der Waals surface area contributed by atoms with Gasteiger partial charge in [-0.25, -0.2) is 0 Å². The average molecular weight is 179 g/mol. The molecule has 1 aromatic heterocycles. The van der Waals surface area contributed by atoms with Gasteiger partial charge >= 0.3 is 0 Å². The lowest BCUT2D eigenvalue weighted by atomic mass is 10.2. The van der Waals surface area contributed by atoms with Gasteiger partial charge in [0.05, 0.1) is 18.8 Å². The van der Waals surface area contributed by atoms with Crippen molar-refractivity contribution in [2.75, 3.05) is 13.1 Å². The van der Waals surface area contributed by atoms with Crippen LogP contribution in [0.4, 0.5) is 0 Å². The van der Waals surface area contributed by atoms with E-state index < -0.39 is 0 Å². The molecular weight excluding hydrogens is 166 g/mol. The van der Waals surface area contributed by atoms with Crippen LogP contribution in [0.25, 0.3) is 0 Å². The van der Waals surface area contributed by atoms with Gasteiger partial charge in [0.25, 0.3) is 0 Å². The van der Waals surface area contributed by atoms with Gasteiger partial charge in [-0.05, 0) is 19.1 Å². The van der Waals surface area contributed by atoms with Gasteiger partial charge in [-0.2, -0.15) is 0 Å². The molecule has 0 radical (unpaired) electrons. The normalized spacial score (nSPS) is 20.8. The van der Waals surface area contributed by atoms with Crippen molar-refractivity contribution in [2.45, 2.75) is 19.4 Å². The molecule has 1 unspecified atom stereocenters. The Balaban J connectivity index is 2.05. The van der Waals surface area contributed by atoms with E-state index in [0.29, 0.717) is 18.7 Å². The van der Waals surface area contributed by atoms with Crippen molar-refractivity contribution in [3.63, 3.8) is 0 Å². The molecule has 0 aliphatic carbocycles. The maximum atomic E-state index is 11.1. The molecular formula is C10H13NO2. The van der Waals surface area contributed by atoms with E-state index >= 15 is 0 Å². The molecule has 3 nitrogen and oxygen atoms in total. The largest absolute Gasteiger partial charge is 0.468 e. The molecule has 1 saturated heterocycles. The van der Waals surface area contributed by atoms with E-state index in [9.17, 15) is 4.79 Å². The standard InChI is InChI=1S/C10H13NO2/c1-8(10-3-2-6-13-10)11-5-4-9(12)7-11/h2-3,6,8H,4-5,7H2,1H3. The second kappa shape index (κ2) is 3.34. The van der Waals surface area contributed by atoms with Crippen LogP contribution in [-0.4, -0.2) is 23.8 Å². The number of hydrogen-bond donors (Lipinski definition) is 0. The lowest BCUT2D eigenvalue weighted by Gasteiger charge is -2.20. The highest BCUT2D eigenvalue weighted by molar-refractivity contribution is 5.82. The number of furan rings is 1. The Bertz CT molecular complexity index is 292. The summed E-state index contributed by atoms with van der Waals surface area (Å²) in [5, 5.41) is 0. The van der Waals surface area contributed by atoms with Gasteiger partial charge in [0.2, 0.25) is 0 Å². The van der Waals surface area contributed by atoms with Crippen LogP contribution in [0.1, 0.15) is 25.1 Å². The van der Waals surface area contributed by atoms with Crippen molar-refractivity contribution >= 4 is 5.78 Å². The average Bonchev–Trinajstić information content (AvgIpc) is 2.72. The summed E-state index contributed by atoms with van der Waals surface area (Å²) in [6.45, 7) is 3.50. The van der Waals surface area contributed by atoms with Crippen LogP contribution < -0.4 is 0 Å². The Kier molecular flexibility index (Phi) is 2.19. The SMILES string of the molecule is CC(c1ccco1)N1CCC(=O)C1. The summed E-state index contributed by atoms with van der Waals surface area (Å²) in [5.74, 6) is 1.27. The van der Waals surface area contributed by atoms with Gasteiger partial charge < -0.3 is 4.42 Å². The Hall–Kier alpha value is -1.09. The van der Waals surface area contributed by atoms with Crippen molar-refractivity contribution < 1.29 is 9.21 Å². The van der Waals surface area contributed by atoms with Crippen molar-refractivity contribution in [1.82, 2.24) is 4.90 Å². The van der Waals surface area contributed by atoms with Gasteiger partial charge in [-0.3, -0.25) is 9.69 Å². The molecule has 1 aromatic rings. The molecule has 2 rings (SSSR count).